The molecule has 1 aliphatic rings. The molecule has 0 bridgehead atoms. The maximum absolute atomic E-state index is 5.85. The number of ether oxygens (including phenoxy) is 2. The van der Waals surface area contributed by atoms with Gasteiger partial charge in [0, 0.05) is 12.0 Å². The van der Waals surface area contributed by atoms with Crippen LogP contribution in [0.1, 0.15) is 27.2 Å². The molecule has 0 radical (unpaired) electrons. The predicted octanol–water partition coefficient (Wildman–Crippen LogP) is 1.12. The molecule has 1 rings (SSSR count). The van der Waals surface area contributed by atoms with Crippen LogP contribution in [0.2, 0.25) is 0 Å². The Morgan fingerprint density at radius 3 is 2.25 bits per heavy atom. The molecule has 2 atom stereocenters. The summed E-state index contributed by atoms with van der Waals surface area (Å²) in [6.07, 6.45) is 0.994. The lowest BCUT2D eigenvalue weighted by molar-refractivity contribution is -0.185. The first kappa shape index (κ1) is 9.96. The van der Waals surface area contributed by atoms with Crippen molar-refractivity contribution in [1.29, 1.82) is 0 Å². The largest absolute Gasteiger partial charge is 0.347 e. The minimum absolute atomic E-state index is 0.123. The molecule has 1 heterocycles. The van der Waals surface area contributed by atoms with Gasteiger partial charge in [0.1, 0.15) is 0 Å². The Labute approximate surface area is 74.2 Å². The first-order chi connectivity index (χ1) is 5.60. The smallest absolute Gasteiger partial charge is 0.169 e. The molecule has 0 amide bonds. The lowest BCUT2D eigenvalue weighted by atomic mass is 9.90. The van der Waals surface area contributed by atoms with Crippen molar-refractivity contribution in [3.8, 4) is 0 Å². The highest BCUT2D eigenvalue weighted by Crippen LogP contribution is 2.31. The summed E-state index contributed by atoms with van der Waals surface area (Å²) in [7, 11) is 0. The normalized spacial score (nSPS) is 27.0. The molecule has 0 aliphatic carbocycles. The van der Waals surface area contributed by atoms with Crippen molar-refractivity contribution in [1.82, 2.24) is 0 Å². The van der Waals surface area contributed by atoms with Crippen LogP contribution in [0.5, 0.6) is 0 Å². The third-order valence-corrected chi connectivity index (χ3v) is 2.61. The van der Waals surface area contributed by atoms with Crippen LogP contribution in [0.3, 0.4) is 0 Å². The Morgan fingerprint density at radius 1 is 1.42 bits per heavy atom. The topological polar surface area (TPSA) is 44.5 Å². The van der Waals surface area contributed by atoms with Crippen molar-refractivity contribution in [2.45, 2.75) is 39.0 Å². The molecule has 0 spiro atoms. The van der Waals surface area contributed by atoms with Gasteiger partial charge in [0.25, 0.3) is 0 Å². The van der Waals surface area contributed by atoms with Crippen LogP contribution in [-0.4, -0.2) is 25.0 Å². The Bertz CT molecular complexity index is 141. The van der Waals surface area contributed by atoms with Gasteiger partial charge in [-0.05, 0) is 20.3 Å². The van der Waals surface area contributed by atoms with Crippen LogP contribution < -0.4 is 5.73 Å². The van der Waals surface area contributed by atoms with Gasteiger partial charge in [-0.2, -0.15) is 0 Å². The Hall–Kier alpha value is -0.120. The van der Waals surface area contributed by atoms with Gasteiger partial charge >= 0.3 is 0 Å². The van der Waals surface area contributed by atoms with E-state index in [4.69, 9.17) is 15.2 Å². The van der Waals surface area contributed by atoms with E-state index in [1.807, 2.05) is 13.8 Å². The molecule has 12 heavy (non-hydrogen) atoms. The second-order valence-corrected chi connectivity index (χ2v) is 3.59. The van der Waals surface area contributed by atoms with E-state index in [1.54, 1.807) is 0 Å². The highest BCUT2D eigenvalue weighted by atomic mass is 16.7. The molecule has 0 aromatic rings. The van der Waals surface area contributed by atoms with Crippen molar-refractivity contribution in [2.24, 2.45) is 11.7 Å². The summed E-state index contributed by atoms with van der Waals surface area (Å²) in [5.41, 5.74) is 5.85. The molecule has 3 heteroatoms. The van der Waals surface area contributed by atoms with Crippen molar-refractivity contribution in [3.63, 3.8) is 0 Å². The summed E-state index contributed by atoms with van der Waals surface area (Å²) in [5.74, 6) is -0.150. The van der Waals surface area contributed by atoms with Crippen molar-refractivity contribution >= 4 is 0 Å². The van der Waals surface area contributed by atoms with Crippen molar-refractivity contribution in [2.75, 3.05) is 13.2 Å². The van der Waals surface area contributed by atoms with E-state index in [2.05, 4.69) is 6.92 Å². The van der Waals surface area contributed by atoms with Crippen LogP contribution in [0.4, 0.5) is 0 Å². The van der Waals surface area contributed by atoms with E-state index in [0.717, 1.165) is 6.42 Å². The summed E-state index contributed by atoms with van der Waals surface area (Å²) in [5, 5.41) is 0. The third kappa shape index (κ3) is 1.79. The predicted molar refractivity (Wildman–Crippen MR) is 47.7 cm³/mol. The summed E-state index contributed by atoms with van der Waals surface area (Å²) in [6.45, 7) is 7.49. The molecule has 1 aliphatic heterocycles. The molecule has 2 N–H and O–H groups in total. The maximum atomic E-state index is 5.85. The minimum Gasteiger partial charge on any atom is -0.347 e. The molecule has 1 saturated heterocycles. The molecule has 0 saturated carbocycles. The fraction of sp³-hybridized carbons (Fsp3) is 1.00. The highest BCUT2D eigenvalue weighted by Gasteiger charge is 2.40. The van der Waals surface area contributed by atoms with E-state index in [1.165, 1.54) is 0 Å². The second kappa shape index (κ2) is 3.73. The van der Waals surface area contributed by atoms with Gasteiger partial charge in [-0.25, -0.2) is 0 Å². The number of hydrogen-bond acceptors (Lipinski definition) is 3. The van der Waals surface area contributed by atoms with Crippen LogP contribution >= 0.6 is 0 Å². The van der Waals surface area contributed by atoms with Crippen molar-refractivity contribution in [3.05, 3.63) is 0 Å². The highest BCUT2D eigenvalue weighted by molar-refractivity contribution is 4.82. The van der Waals surface area contributed by atoms with Gasteiger partial charge in [-0.15, -0.1) is 0 Å². The number of rotatable bonds is 3. The third-order valence-electron chi connectivity index (χ3n) is 2.61. The van der Waals surface area contributed by atoms with Crippen LogP contribution in [0.25, 0.3) is 0 Å². The lowest BCUT2D eigenvalue weighted by Gasteiger charge is -2.34. The van der Waals surface area contributed by atoms with E-state index < -0.39 is 5.79 Å². The van der Waals surface area contributed by atoms with Gasteiger partial charge in [-0.3, -0.25) is 0 Å². The monoisotopic (exact) mass is 173 g/mol. The van der Waals surface area contributed by atoms with Crippen LogP contribution in [0, 0.1) is 5.92 Å². The standard InChI is InChI=1S/C9H19NO2/c1-4-8(7(2)10)9(3)11-5-6-12-9/h7-8H,4-6,10H2,1-3H3. The first-order valence-corrected chi connectivity index (χ1v) is 4.63. The fourth-order valence-corrected chi connectivity index (χ4v) is 1.96. The summed E-state index contributed by atoms with van der Waals surface area (Å²) < 4.78 is 11.1. The summed E-state index contributed by atoms with van der Waals surface area (Å²) in [6, 6.07) is 0.123. The van der Waals surface area contributed by atoms with Gasteiger partial charge < -0.3 is 15.2 Å². The average molecular weight is 173 g/mol. The Morgan fingerprint density at radius 2 is 1.92 bits per heavy atom. The van der Waals surface area contributed by atoms with Crippen LogP contribution in [-0.2, 0) is 9.47 Å². The fourth-order valence-electron chi connectivity index (χ4n) is 1.96. The average Bonchev–Trinajstić information content (AvgIpc) is 2.37. The first-order valence-electron chi connectivity index (χ1n) is 4.63. The molecule has 2 unspecified atom stereocenters. The second-order valence-electron chi connectivity index (χ2n) is 3.59. The van der Waals surface area contributed by atoms with E-state index in [9.17, 15) is 0 Å². The quantitative estimate of drug-likeness (QED) is 0.695. The van der Waals surface area contributed by atoms with Gasteiger partial charge in [0.05, 0.1) is 13.2 Å². The molecular weight excluding hydrogens is 154 g/mol. The number of hydrogen-bond donors (Lipinski definition) is 1. The molecule has 72 valence electrons. The number of nitrogens with two attached hydrogens (primary N) is 1. The molecule has 3 nitrogen and oxygen atoms in total. The lowest BCUT2D eigenvalue weighted by Crippen LogP contribution is -2.44. The molecule has 0 aromatic carbocycles. The SMILES string of the molecule is CCC(C(C)N)C1(C)OCCO1. The maximum Gasteiger partial charge on any atom is 0.169 e. The Balaban J connectivity index is 2.62. The molecule has 1 fully saturated rings. The minimum atomic E-state index is -0.442. The summed E-state index contributed by atoms with van der Waals surface area (Å²) in [4.78, 5) is 0. The zero-order chi connectivity index (χ0) is 9.19. The summed E-state index contributed by atoms with van der Waals surface area (Å²) >= 11 is 0. The van der Waals surface area contributed by atoms with Gasteiger partial charge in [-0.1, -0.05) is 6.92 Å². The zero-order valence-electron chi connectivity index (χ0n) is 8.17. The zero-order valence-corrected chi connectivity index (χ0v) is 8.17. The Kier molecular flexibility index (Phi) is 3.09. The van der Waals surface area contributed by atoms with E-state index in [-0.39, 0.29) is 6.04 Å². The van der Waals surface area contributed by atoms with Crippen molar-refractivity contribution < 1.29 is 9.47 Å². The van der Waals surface area contributed by atoms with E-state index >= 15 is 0 Å². The van der Waals surface area contributed by atoms with Crippen LogP contribution in [0.15, 0.2) is 0 Å². The van der Waals surface area contributed by atoms with E-state index in [0.29, 0.717) is 19.1 Å². The molecule has 0 aromatic heterocycles. The van der Waals surface area contributed by atoms with Gasteiger partial charge in [0.15, 0.2) is 5.79 Å². The molecular formula is C9H19NO2. The van der Waals surface area contributed by atoms with Gasteiger partial charge in [0.2, 0.25) is 0 Å².